The largest absolute Gasteiger partial charge is 0.399 e. The average molecular weight is 715 g/mol. The predicted molar refractivity (Wildman–Crippen MR) is 234 cm³/mol. The minimum Gasteiger partial charge on any atom is -0.399 e. The van der Waals surface area contributed by atoms with Gasteiger partial charge in [-0.2, -0.15) is 0 Å². The molecule has 4 rings (SSSR count). The number of nitrogens with two attached hydrogens (primary N) is 2. The Kier molecular flexibility index (Phi) is 20.3. The van der Waals surface area contributed by atoms with Crippen molar-refractivity contribution in [1.82, 2.24) is 0 Å². The molecule has 0 fully saturated rings. The van der Waals surface area contributed by atoms with Crippen LogP contribution in [0.4, 0.5) is 11.4 Å². The number of benzene rings is 4. The summed E-state index contributed by atoms with van der Waals surface area (Å²) < 4.78 is 0. The van der Waals surface area contributed by atoms with Crippen LogP contribution in [-0.2, 0) is 38.5 Å². The van der Waals surface area contributed by atoms with Crippen LogP contribution in [0.25, 0.3) is 0 Å². The highest BCUT2D eigenvalue weighted by atomic mass is 14.5. The quantitative estimate of drug-likeness (QED) is 0.0454. The van der Waals surface area contributed by atoms with Crippen molar-refractivity contribution in [1.29, 1.82) is 0 Å². The fourth-order valence-corrected chi connectivity index (χ4v) is 7.98. The summed E-state index contributed by atoms with van der Waals surface area (Å²) in [5.74, 6) is 0. The second-order valence-electron chi connectivity index (χ2n) is 16.1. The van der Waals surface area contributed by atoms with E-state index in [4.69, 9.17) is 11.5 Å². The Morgan fingerprint density at radius 3 is 0.925 bits per heavy atom. The normalized spacial score (nSPS) is 11.4. The van der Waals surface area contributed by atoms with Gasteiger partial charge in [0.1, 0.15) is 0 Å². The van der Waals surface area contributed by atoms with E-state index in [1.54, 1.807) is 22.3 Å². The van der Waals surface area contributed by atoms with Crippen molar-refractivity contribution in [3.05, 3.63) is 129 Å². The molecule has 0 saturated carbocycles. The second-order valence-corrected chi connectivity index (χ2v) is 16.1. The van der Waals surface area contributed by atoms with E-state index in [1.807, 2.05) is 24.3 Å². The van der Waals surface area contributed by atoms with Crippen LogP contribution >= 0.6 is 0 Å². The zero-order valence-corrected chi connectivity index (χ0v) is 33.9. The second kappa shape index (κ2) is 25.5. The standard InChI is InChI=1S/C51H74N2/c1-3-5-7-9-14-20-24-48-40-44(38-42-28-34-50(52)35-29-42)26-32-46(48)22-18-16-12-11-13-17-19-23-47-33-27-45(39-43-30-36-51(53)37-31-43)41-49(47)25-21-15-10-8-6-4-2/h26-37,40-41H,3-25,38-39,52-53H2,1-2H3. The lowest BCUT2D eigenvalue weighted by Crippen LogP contribution is -1.99. The summed E-state index contributed by atoms with van der Waals surface area (Å²) in [7, 11) is 0. The lowest BCUT2D eigenvalue weighted by atomic mass is 9.92. The first-order valence-corrected chi connectivity index (χ1v) is 21.9. The van der Waals surface area contributed by atoms with Gasteiger partial charge >= 0.3 is 0 Å². The molecule has 0 saturated heterocycles. The highest BCUT2D eigenvalue weighted by molar-refractivity contribution is 5.43. The summed E-state index contributed by atoms with van der Waals surface area (Å²) in [6.45, 7) is 4.61. The first kappa shape index (κ1) is 42.2. The minimum absolute atomic E-state index is 0.841. The fourth-order valence-electron chi connectivity index (χ4n) is 7.98. The molecule has 4 aromatic rings. The molecule has 4 aromatic carbocycles. The first-order valence-electron chi connectivity index (χ1n) is 21.9. The third-order valence-electron chi connectivity index (χ3n) is 11.3. The maximum atomic E-state index is 5.94. The Bertz CT molecular complexity index is 1420. The average Bonchev–Trinajstić information content (AvgIpc) is 3.17. The topological polar surface area (TPSA) is 52.0 Å². The van der Waals surface area contributed by atoms with Crippen molar-refractivity contribution < 1.29 is 0 Å². The molecule has 0 aromatic heterocycles. The molecule has 0 bridgehead atoms. The summed E-state index contributed by atoms with van der Waals surface area (Å²) in [6, 6.07) is 31.5. The van der Waals surface area contributed by atoms with E-state index < -0.39 is 0 Å². The van der Waals surface area contributed by atoms with Gasteiger partial charge in [0.2, 0.25) is 0 Å². The van der Waals surface area contributed by atoms with Crippen LogP contribution in [0.5, 0.6) is 0 Å². The molecule has 2 nitrogen and oxygen atoms in total. The Hall–Kier alpha value is -3.52. The summed E-state index contributed by atoms with van der Waals surface area (Å²) in [4.78, 5) is 0. The van der Waals surface area contributed by atoms with E-state index in [2.05, 4.69) is 74.5 Å². The smallest absolute Gasteiger partial charge is 0.0314 e. The van der Waals surface area contributed by atoms with Crippen LogP contribution in [0.15, 0.2) is 84.9 Å². The number of anilines is 2. The van der Waals surface area contributed by atoms with Gasteiger partial charge in [-0.25, -0.2) is 0 Å². The third kappa shape index (κ3) is 17.0. The number of rotatable bonds is 28. The number of aryl methyl sites for hydroxylation is 4. The van der Waals surface area contributed by atoms with Gasteiger partial charge in [-0.15, -0.1) is 0 Å². The number of hydrogen-bond donors (Lipinski definition) is 2. The van der Waals surface area contributed by atoms with Gasteiger partial charge in [-0.3, -0.25) is 0 Å². The molecule has 0 atom stereocenters. The van der Waals surface area contributed by atoms with E-state index >= 15 is 0 Å². The van der Waals surface area contributed by atoms with Crippen LogP contribution in [0.1, 0.15) is 180 Å². The van der Waals surface area contributed by atoms with Crippen LogP contribution in [-0.4, -0.2) is 0 Å². The van der Waals surface area contributed by atoms with Crippen LogP contribution < -0.4 is 11.5 Å². The van der Waals surface area contributed by atoms with Crippen LogP contribution in [0, 0.1) is 0 Å². The lowest BCUT2D eigenvalue weighted by molar-refractivity contribution is 0.576. The zero-order chi connectivity index (χ0) is 37.4. The molecule has 0 aliphatic carbocycles. The molecule has 53 heavy (non-hydrogen) atoms. The van der Waals surface area contributed by atoms with Gasteiger partial charge in [0.15, 0.2) is 0 Å². The molecular formula is C51H74N2. The molecule has 288 valence electrons. The van der Waals surface area contributed by atoms with Crippen molar-refractivity contribution in [2.75, 3.05) is 11.5 Å². The molecule has 0 aliphatic rings. The molecule has 0 aliphatic heterocycles. The first-order chi connectivity index (χ1) is 26.0. The van der Waals surface area contributed by atoms with E-state index in [1.165, 1.54) is 170 Å². The highest BCUT2D eigenvalue weighted by Gasteiger charge is 2.08. The van der Waals surface area contributed by atoms with Crippen molar-refractivity contribution in [2.24, 2.45) is 0 Å². The summed E-state index contributed by atoms with van der Waals surface area (Å²) >= 11 is 0. The summed E-state index contributed by atoms with van der Waals surface area (Å²) in [5.41, 5.74) is 25.5. The zero-order valence-electron chi connectivity index (χ0n) is 33.9. The van der Waals surface area contributed by atoms with Crippen LogP contribution in [0.2, 0.25) is 0 Å². The van der Waals surface area contributed by atoms with Crippen molar-refractivity contribution in [3.63, 3.8) is 0 Å². The van der Waals surface area contributed by atoms with Gasteiger partial charge < -0.3 is 11.5 Å². The van der Waals surface area contributed by atoms with Gasteiger partial charge in [0.05, 0.1) is 0 Å². The number of nitrogen functional groups attached to an aromatic ring is 2. The van der Waals surface area contributed by atoms with E-state index in [-0.39, 0.29) is 0 Å². The molecule has 4 N–H and O–H groups in total. The predicted octanol–water partition coefficient (Wildman–Crippen LogP) is 14.4. The van der Waals surface area contributed by atoms with E-state index in [0.29, 0.717) is 0 Å². The third-order valence-corrected chi connectivity index (χ3v) is 11.3. The van der Waals surface area contributed by atoms with Gasteiger partial charge in [0.25, 0.3) is 0 Å². The lowest BCUT2D eigenvalue weighted by Gasteiger charge is -2.13. The SMILES string of the molecule is CCCCCCCCc1cc(Cc2ccc(N)cc2)ccc1CCCCCCCCCc1ccc(Cc2ccc(N)cc2)cc1CCCCCCCC. The molecular weight excluding hydrogens is 641 g/mol. The Morgan fingerprint density at radius 1 is 0.302 bits per heavy atom. The van der Waals surface area contributed by atoms with Crippen molar-refractivity contribution >= 4 is 11.4 Å². The number of hydrogen-bond acceptors (Lipinski definition) is 2. The summed E-state index contributed by atoms with van der Waals surface area (Å²) in [6.07, 6.45) is 32.6. The molecule has 2 heteroatoms. The van der Waals surface area contributed by atoms with Gasteiger partial charge in [0, 0.05) is 11.4 Å². The molecule has 0 unspecified atom stereocenters. The van der Waals surface area contributed by atoms with E-state index in [0.717, 1.165) is 24.2 Å². The minimum atomic E-state index is 0.841. The molecule has 0 amide bonds. The maximum Gasteiger partial charge on any atom is 0.0314 e. The van der Waals surface area contributed by atoms with Crippen molar-refractivity contribution in [2.45, 2.75) is 174 Å². The van der Waals surface area contributed by atoms with Gasteiger partial charge in [-0.05, 0) is 133 Å². The molecule has 0 heterocycles. The molecule has 0 spiro atoms. The molecule has 0 radical (unpaired) electrons. The van der Waals surface area contributed by atoms with E-state index in [9.17, 15) is 0 Å². The summed E-state index contributed by atoms with van der Waals surface area (Å²) in [5, 5.41) is 0. The number of unbranched alkanes of at least 4 members (excludes halogenated alkanes) is 16. The van der Waals surface area contributed by atoms with Crippen LogP contribution in [0.3, 0.4) is 0 Å². The monoisotopic (exact) mass is 715 g/mol. The fraction of sp³-hybridized carbons (Fsp3) is 0.529. The Balaban J connectivity index is 1.19. The van der Waals surface area contributed by atoms with Gasteiger partial charge in [-0.1, -0.05) is 171 Å². The highest BCUT2D eigenvalue weighted by Crippen LogP contribution is 2.24. The Morgan fingerprint density at radius 2 is 0.585 bits per heavy atom. The van der Waals surface area contributed by atoms with Crippen molar-refractivity contribution in [3.8, 4) is 0 Å². The maximum absolute atomic E-state index is 5.94. The Labute approximate surface area is 325 Å².